The lowest BCUT2D eigenvalue weighted by molar-refractivity contribution is 0.104. The molecule has 26 heavy (non-hydrogen) atoms. The summed E-state index contributed by atoms with van der Waals surface area (Å²) in [6.45, 7) is 0. The molecule has 0 bridgehead atoms. The van der Waals surface area contributed by atoms with E-state index in [1.807, 2.05) is 0 Å². The van der Waals surface area contributed by atoms with E-state index in [0.717, 1.165) is 0 Å². The molecule has 8 nitrogen and oxygen atoms in total. The van der Waals surface area contributed by atoms with Crippen LogP contribution in [0.2, 0.25) is 0 Å². The van der Waals surface area contributed by atoms with Crippen molar-refractivity contribution in [2.75, 3.05) is 12.4 Å². The van der Waals surface area contributed by atoms with Gasteiger partial charge in [0.1, 0.15) is 5.75 Å². The summed E-state index contributed by atoms with van der Waals surface area (Å²) in [5.74, 6) is 0.453. The van der Waals surface area contributed by atoms with Gasteiger partial charge in [-0.05, 0) is 48.5 Å². The molecule has 0 heterocycles. The molecule has 0 aliphatic heterocycles. The Morgan fingerprint density at radius 1 is 1.04 bits per heavy atom. The number of sulfonamides is 1. The predicted octanol–water partition coefficient (Wildman–Crippen LogP) is 1.86. The molecule has 0 spiro atoms. The third-order valence-electron chi connectivity index (χ3n) is 3.26. The number of allylic oxidation sites excluding steroid dienone is 1. The molecule has 0 aliphatic rings. The SMILES string of the molecule is COc1ccc(C(=O)/C=C/Nc2ccc(S(=O)(=O)NC(N)=O)cc2)cc1. The number of methoxy groups -OCH3 is 1. The standard InChI is InChI=1S/C17H17N3O5S/c1-25-14-6-2-12(3-7-14)16(21)10-11-19-13-4-8-15(9-5-13)26(23,24)20-17(18)22/h2-11,19H,1H3,(H3,18,20,22)/b11-10+. The highest BCUT2D eigenvalue weighted by molar-refractivity contribution is 7.90. The average Bonchev–Trinajstić information content (AvgIpc) is 2.61. The lowest BCUT2D eigenvalue weighted by Crippen LogP contribution is -2.34. The van der Waals surface area contributed by atoms with Gasteiger partial charge in [-0.15, -0.1) is 0 Å². The number of ether oxygens (including phenoxy) is 1. The molecule has 4 N–H and O–H groups in total. The number of amides is 2. The van der Waals surface area contributed by atoms with Gasteiger partial charge in [0.05, 0.1) is 12.0 Å². The van der Waals surface area contributed by atoms with Crippen LogP contribution < -0.4 is 20.5 Å². The second-order valence-corrected chi connectivity index (χ2v) is 6.75. The van der Waals surface area contributed by atoms with Crippen molar-refractivity contribution >= 4 is 27.5 Å². The zero-order valence-corrected chi connectivity index (χ0v) is 14.6. The van der Waals surface area contributed by atoms with Crippen LogP contribution >= 0.6 is 0 Å². The second kappa shape index (κ2) is 8.17. The largest absolute Gasteiger partial charge is 0.497 e. The van der Waals surface area contributed by atoms with E-state index in [4.69, 9.17) is 10.5 Å². The number of carbonyl (C=O) groups is 2. The maximum absolute atomic E-state index is 12.0. The maximum atomic E-state index is 12.0. The number of carbonyl (C=O) groups excluding carboxylic acids is 2. The number of rotatable bonds is 7. The third-order valence-corrected chi connectivity index (χ3v) is 4.62. The van der Waals surface area contributed by atoms with Crippen LogP contribution in [0.3, 0.4) is 0 Å². The van der Waals surface area contributed by atoms with Crippen LogP contribution in [-0.2, 0) is 10.0 Å². The number of benzene rings is 2. The van der Waals surface area contributed by atoms with Crippen LogP contribution in [-0.4, -0.2) is 27.3 Å². The number of primary amides is 1. The monoisotopic (exact) mass is 375 g/mol. The summed E-state index contributed by atoms with van der Waals surface area (Å²) >= 11 is 0. The van der Waals surface area contributed by atoms with Gasteiger partial charge in [-0.1, -0.05) is 0 Å². The molecule has 0 radical (unpaired) electrons. The Kier molecular flexibility index (Phi) is 5.97. The van der Waals surface area contributed by atoms with E-state index in [2.05, 4.69) is 5.32 Å². The second-order valence-electron chi connectivity index (χ2n) is 5.06. The van der Waals surface area contributed by atoms with E-state index in [9.17, 15) is 18.0 Å². The Hall–Kier alpha value is -3.33. The van der Waals surface area contributed by atoms with Crippen LogP contribution in [0.1, 0.15) is 10.4 Å². The number of hydrogen-bond acceptors (Lipinski definition) is 6. The molecule has 0 atom stereocenters. The normalized spacial score (nSPS) is 11.1. The summed E-state index contributed by atoms with van der Waals surface area (Å²) in [5, 5.41) is 2.85. The lowest BCUT2D eigenvalue weighted by Gasteiger charge is -2.06. The predicted molar refractivity (Wildman–Crippen MR) is 96.4 cm³/mol. The lowest BCUT2D eigenvalue weighted by atomic mass is 10.1. The van der Waals surface area contributed by atoms with Crippen LogP contribution in [0.25, 0.3) is 0 Å². The minimum atomic E-state index is -3.99. The highest BCUT2D eigenvalue weighted by Crippen LogP contribution is 2.15. The minimum Gasteiger partial charge on any atom is -0.497 e. The fourth-order valence-corrected chi connectivity index (χ4v) is 2.86. The number of urea groups is 1. The zero-order chi connectivity index (χ0) is 19.2. The molecule has 2 aromatic rings. The van der Waals surface area contributed by atoms with E-state index >= 15 is 0 Å². The van der Waals surface area contributed by atoms with Crippen LogP contribution in [0.4, 0.5) is 10.5 Å². The molecule has 0 fully saturated rings. The first-order valence-corrected chi connectivity index (χ1v) is 8.84. The van der Waals surface area contributed by atoms with E-state index < -0.39 is 16.1 Å². The maximum Gasteiger partial charge on any atom is 0.326 e. The Labute approximate surface area is 150 Å². The number of nitrogens with one attached hydrogen (secondary N) is 2. The van der Waals surface area contributed by atoms with Crippen molar-refractivity contribution in [3.63, 3.8) is 0 Å². The van der Waals surface area contributed by atoms with Crippen molar-refractivity contribution in [1.82, 2.24) is 4.72 Å². The Morgan fingerprint density at radius 3 is 2.19 bits per heavy atom. The minimum absolute atomic E-state index is 0.111. The third kappa shape index (κ3) is 5.08. The molecule has 136 valence electrons. The van der Waals surface area contributed by atoms with Gasteiger partial charge in [-0.2, -0.15) is 0 Å². The van der Waals surface area contributed by atoms with Gasteiger partial charge in [0.2, 0.25) is 0 Å². The molecular weight excluding hydrogens is 358 g/mol. The van der Waals surface area contributed by atoms with Gasteiger partial charge in [0.25, 0.3) is 10.0 Å². The van der Waals surface area contributed by atoms with Crippen LogP contribution in [0.5, 0.6) is 5.75 Å². The van der Waals surface area contributed by atoms with Gasteiger partial charge >= 0.3 is 6.03 Å². The van der Waals surface area contributed by atoms with E-state index in [-0.39, 0.29) is 10.7 Å². The van der Waals surface area contributed by atoms with Crippen molar-refractivity contribution in [1.29, 1.82) is 0 Å². The molecule has 0 saturated carbocycles. The average molecular weight is 375 g/mol. The molecule has 0 saturated heterocycles. The van der Waals surface area contributed by atoms with E-state index in [1.165, 1.54) is 36.5 Å². The first-order chi connectivity index (χ1) is 12.3. The number of hydrogen-bond donors (Lipinski definition) is 3. The Balaban J connectivity index is 1.99. The highest BCUT2D eigenvalue weighted by Gasteiger charge is 2.15. The summed E-state index contributed by atoms with van der Waals surface area (Å²) in [6, 6.07) is 11.1. The topological polar surface area (TPSA) is 128 Å². The van der Waals surface area contributed by atoms with Gasteiger partial charge in [-0.25, -0.2) is 17.9 Å². The van der Waals surface area contributed by atoms with Crippen molar-refractivity contribution < 1.29 is 22.7 Å². The smallest absolute Gasteiger partial charge is 0.326 e. The van der Waals surface area contributed by atoms with Crippen molar-refractivity contribution in [2.24, 2.45) is 5.73 Å². The van der Waals surface area contributed by atoms with Gasteiger partial charge in [-0.3, -0.25) is 4.79 Å². The Morgan fingerprint density at radius 2 is 1.65 bits per heavy atom. The molecular formula is C17H17N3O5S. The van der Waals surface area contributed by atoms with E-state index in [1.54, 1.807) is 36.1 Å². The van der Waals surface area contributed by atoms with Crippen LogP contribution in [0.15, 0.2) is 65.7 Å². The van der Waals surface area contributed by atoms with Crippen molar-refractivity contribution in [3.8, 4) is 5.75 Å². The molecule has 2 aromatic carbocycles. The molecule has 2 amide bonds. The summed E-state index contributed by atoms with van der Waals surface area (Å²) < 4.78 is 30.2. The number of nitrogens with two attached hydrogens (primary N) is 1. The zero-order valence-electron chi connectivity index (χ0n) is 13.8. The van der Waals surface area contributed by atoms with Crippen molar-refractivity contribution in [2.45, 2.75) is 4.90 Å². The summed E-state index contributed by atoms with van der Waals surface area (Å²) in [7, 11) is -2.44. The summed E-state index contributed by atoms with van der Waals surface area (Å²) in [6.07, 6.45) is 2.79. The van der Waals surface area contributed by atoms with Crippen LogP contribution in [0, 0.1) is 0 Å². The molecule has 0 unspecified atom stereocenters. The first kappa shape index (κ1) is 19.0. The fourth-order valence-electron chi connectivity index (χ4n) is 1.99. The van der Waals surface area contributed by atoms with Crippen molar-refractivity contribution in [3.05, 3.63) is 66.4 Å². The Bertz CT molecular complexity index is 920. The highest BCUT2D eigenvalue weighted by atomic mass is 32.2. The molecule has 0 aromatic heterocycles. The first-order valence-electron chi connectivity index (χ1n) is 7.35. The fraction of sp³-hybridized carbons (Fsp3) is 0.0588. The quantitative estimate of drug-likeness (QED) is 0.501. The molecule has 0 aliphatic carbocycles. The number of anilines is 1. The van der Waals surface area contributed by atoms with Gasteiger partial charge in [0, 0.05) is 23.5 Å². The number of ketones is 1. The molecule has 2 rings (SSSR count). The van der Waals surface area contributed by atoms with Gasteiger partial charge in [0.15, 0.2) is 5.78 Å². The van der Waals surface area contributed by atoms with E-state index in [0.29, 0.717) is 17.0 Å². The molecule has 9 heteroatoms. The summed E-state index contributed by atoms with van der Waals surface area (Å²) in [4.78, 5) is 22.6. The summed E-state index contributed by atoms with van der Waals surface area (Å²) in [5.41, 5.74) is 5.87. The van der Waals surface area contributed by atoms with Gasteiger partial charge < -0.3 is 15.8 Å².